The summed E-state index contributed by atoms with van der Waals surface area (Å²) in [5.41, 5.74) is 0. The Morgan fingerprint density at radius 1 is 0.952 bits per heavy atom. The maximum absolute atomic E-state index is 3.50. The van der Waals surface area contributed by atoms with Crippen LogP contribution in [0.15, 0.2) is 12.4 Å². The fourth-order valence-corrected chi connectivity index (χ4v) is 3.18. The molecule has 0 aromatic rings. The van der Waals surface area contributed by atoms with Crippen LogP contribution >= 0.6 is 15.9 Å². The molecule has 2 nitrogen and oxygen atoms in total. The summed E-state index contributed by atoms with van der Waals surface area (Å²) in [5, 5.41) is 1.16. The number of nitrogens with one attached hydrogen (secondary N) is 1. The van der Waals surface area contributed by atoms with Crippen molar-refractivity contribution in [2.45, 2.75) is 71.1 Å². The topological polar surface area (TPSA) is 7.68 Å². The van der Waals surface area contributed by atoms with Crippen LogP contribution in [0.25, 0.3) is 0 Å². The molecule has 126 valence electrons. The number of quaternary nitrogens is 1. The normalized spacial score (nSPS) is 17.2. The summed E-state index contributed by atoms with van der Waals surface area (Å²) < 4.78 is 0. The van der Waals surface area contributed by atoms with E-state index in [1.807, 2.05) is 0 Å². The summed E-state index contributed by atoms with van der Waals surface area (Å²) in [6, 6.07) is 0. The van der Waals surface area contributed by atoms with E-state index < -0.39 is 0 Å². The highest BCUT2D eigenvalue weighted by molar-refractivity contribution is 9.09. The number of hydrogen-bond donors (Lipinski definition) is 1. The Morgan fingerprint density at radius 3 is 2.38 bits per heavy atom. The van der Waals surface area contributed by atoms with Crippen LogP contribution in [0, 0.1) is 0 Å². The molecule has 21 heavy (non-hydrogen) atoms. The predicted molar refractivity (Wildman–Crippen MR) is 92.2 cm³/mol. The van der Waals surface area contributed by atoms with E-state index in [1.165, 1.54) is 84.0 Å². The Balaban J connectivity index is 0.00000400. The smallest absolute Gasteiger partial charge is 0.156 e. The van der Waals surface area contributed by atoms with Crippen LogP contribution in [-0.4, -0.2) is 30.0 Å². The van der Waals surface area contributed by atoms with Crippen LogP contribution in [0.2, 0.25) is 0 Å². The van der Waals surface area contributed by atoms with Gasteiger partial charge in [-0.2, -0.15) is 0 Å². The van der Waals surface area contributed by atoms with Gasteiger partial charge in [0.2, 0.25) is 0 Å². The molecule has 0 amide bonds. The summed E-state index contributed by atoms with van der Waals surface area (Å²) >= 11 is 3.50. The van der Waals surface area contributed by atoms with E-state index in [4.69, 9.17) is 0 Å². The molecule has 1 aliphatic rings. The lowest BCUT2D eigenvalue weighted by atomic mass is 10.1. The molecule has 0 aromatic heterocycles. The Morgan fingerprint density at radius 2 is 1.62 bits per heavy atom. The van der Waals surface area contributed by atoms with Crippen LogP contribution in [0.4, 0.5) is 0 Å². The number of hydrogen-bond acceptors (Lipinski definition) is 1. The van der Waals surface area contributed by atoms with Gasteiger partial charge in [-0.25, -0.2) is 0 Å². The lowest BCUT2D eigenvalue weighted by molar-refractivity contribution is -0.849. The minimum Gasteiger partial charge on any atom is -1.00 e. The second-order valence-corrected chi connectivity index (χ2v) is 6.86. The lowest BCUT2D eigenvalue weighted by Crippen LogP contribution is -3.07. The monoisotopic (exact) mass is 424 g/mol. The number of nitrogens with zero attached hydrogens (tertiary/aromatic N) is 1. The van der Waals surface area contributed by atoms with Gasteiger partial charge in [0.1, 0.15) is 6.20 Å². The van der Waals surface area contributed by atoms with Crippen LogP contribution in [-0.2, 0) is 0 Å². The average Bonchev–Trinajstić information content (AvgIpc) is 2.90. The molecule has 0 spiro atoms. The first-order chi connectivity index (χ1) is 9.86. The third-order valence-electron chi connectivity index (χ3n) is 4.11. The van der Waals surface area contributed by atoms with Crippen molar-refractivity contribution in [2.75, 3.05) is 25.1 Å². The van der Waals surface area contributed by atoms with Crippen molar-refractivity contribution in [1.29, 1.82) is 0 Å². The Labute approximate surface area is 151 Å². The van der Waals surface area contributed by atoms with Crippen molar-refractivity contribution in [3.8, 4) is 0 Å². The zero-order valence-electron chi connectivity index (χ0n) is 13.8. The largest absolute Gasteiger partial charge is 1.00 e. The van der Waals surface area contributed by atoms with Gasteiger partial charge < -0.3 is 21.9 Å². The van der Waals surface area contributed by atoms with E-state index in [9.17, 15) is 0 Å². The van der Waals surface area contributed by atoms with E-state index >= 15 is 0 Å². The molecule has 0 radical (unpaired) electrons. The molecule has 1 rings (SSSR count). The average molecular weight is 426 g/mol. The number of halogens is 2. The maximum atomic E-state index is 3.50. The van der Waals surface area contributed by atoms with Crippen molar-refractivity contribution >= 4 is 15.9 Å². The molecule has 0 aliphatic carbocycles. The fraction of sp³-hybridized carbons (Fsp3) is 0.882. The molecular weight excluding hydrogens is 392 g/mol. The summed E-state index contributed by atoms with van der Waals surface area (Å²) in [7, 11) is 0. The van der Waals surface area contributed by atoms with Gasteiger partial charge in [0.15, 0.2) is 6.67 Å². The van der Waals surface area contributed by atoms with Gasteiger partial charge in [-0.15, -0.1) is 0 Å². The van der Waals surface area contributed by atoms with Crippen molar-refractivity contribution < 1.29 is 21.9 Å². The molecule has 1 N–H and O–H groups in total. The zero-order valence-corrected chi connectivity index (χ0v) is 16.9. The standard InChI is InChI=1S/C17H33BrN2.BrH/c1-2-3-4-5-7-10-13-19-15-16-20(17-19)14-11-8-6-9-12-18;/h15-16H,2-14,17H2,1H3;1H. The molecule has 1 aliphatic heterocycles. The van der Waals surface area contributed by atoms with Gasteiger partial charge in [-0.1, -0.05) is 61.4 Å². The van der Waals surface area contributed by atoms with E-state index in [1.54, 1.807) is 4.90 Å². The molecule has 0 saturated heterocycles. The number of unbranched alkanes of at least 4 members (excludes halogenated alkanes) is 8. The van der Waals surface area contributed by atoms with Crippen LogP contribution in [0.5, 0.6) is 0 Å². The summed E-state index contributed by atoms with van der Waals surface area (Å²) in [5.74, 6) is 0. The third kappa shape index (κ3) is 11.7. The van der Waals surface area contributed by atoms with Gasteiger partial charge in [0, 0.05) is 11.9 Å². The first-order valence-electron chi connectivity index (χ1n) is 8.69. The van der Waals surface area contributed by atoms with Crippen LogP contribution < -0.4 is 21.9 Å². The maximum Gasteiger partial charge on any atom is 0.156 e. The molecule has 0 aromatic carbocycles. The van der Waals surface area contributed by atoms with Crippen LogP contribution in [0.3, 0.4) is 0 Å². The lowest BCUT2D eigenvalue weighted by Gasteiger charge is -2.17. The third-order valence-corrected chi connectivity index (χ3v) is 4.67. The van der Waals surface area contributed by atoms with E-state index in [-0.39, 0.29) is 17.0 Å². The summed E-state index contributed by atoms with van der Waals surface area (Å²) in [4.78, 5) is 4.16. The summed E-state index contributed by atoms with van der Waals surface area (Å²) in [6.07, 6.45) is 18.5. The quantitative estimate of drug-likeness (QED) is 0.340. The first kappa shape index (κ1) is 21.5. The highest BCUT2D eigenvalue weighted by Crippen LogP contribution is 2.06. The molecule has 1 atom stereocenters. The highest BCUT2D eigenvalue weighted by atomic mass is 79.9. The Hall–Kier alpha value is 0.460. The van der Waals surface area contributed by atoms with Gasteiger partial charge in [0.05, 0.1) is 12.7 Å². The molecule has 1 heterocycles. The number of rotatable bonds is 13. The Bertz CT molecular complexity index is 247. The van der Waals surface area contributed by atoms with Gasteiger partial charge in [-0.05, 0) is 25.7 Å². The molecule has 0 bridgehead atoms. The van der Waals surface area contributed by atoms with E-state index in [2.05, 4.69) is 40.2 Å². The number of alkyl halides is 1. The molecule has 4 heteroatoms. The van der Waals surface area contributed by atoms with Crippen molar-refractivity contribution in [3.63, 3.8) is 0 Å². The molecular formula is C17H34Br2N2. The Kier molecular flexibility index (Phi) is 15.7. The molecule has 0 saturated carbocycles. The highest BCUT2D eigenvalue weighted by Gasteiger charge is 2.15. The van der Waals surface area contributed by atoms with Crippen LogP contribution in [0.1, 0.15) is 71.1 Å². The van der Waals surface area contributed by atoms with E-state index in [0.717, 1.165) is 5.33 Å². The zero-order chi connectivity index (χ0) is 14.5. The second kappa shape index (κ2) is 15.4. The fourth-order valence-electron chi connectivity index (χ4n) is 2.79. The minimum atomic E-state index is 0. The van der Waals surface area contributed by atoms with Crippen molar-refractivity contribution in [2.24, 2.45) is 0 Å². The molecule has 1 unspecified atom stereocenters. The minimum absolute atomic E-state index is 0. The SMILES string of the molecule is CCCCCCCCN1C=C[NH+](CCCCCCBr)C1.[Br-]. The van der Waals surface area contributed by atoms with Gasteiger partial charge in [-0.3, -0.25) is 4.90 Å². The molecule has 0 fully saturated rings. The van der Waals surface area contributed by atoms with Gasteiger partial charge >= 0.3 is 0 Å². The van der Waals surface area contributed by atoms with Crippen molar-refractivity contribution in [3.05, 3.63) is 12.4 Å². The van der Waals surface area contributed by atoms with E-state index in [0.29, 0.717) is 0 Å². The summed E-state index contributed by atoms with van der Waals surface area (Å²) in [6.45, 7) is 6.06. The van der Waals surface area contributed by atoms with Gasteiger partial charge in [0.25, 0.3) is 0 Å². The van der Waals surface area contributed by atoms with Crippen molar-refractivity contribution in [1.82, 2.24) is 4.90 Å². The second-order valence-electron chi connectivity index (χ2n) is 6.07. The predicted octanol–water partition coefficient (Wildman–Crippen LogP) is 0.935. The first-order valence-corrected chi connectivity index (χ1v) is 9.82.